The average Bonchev–Trinajstić information content (AvgIpc) is 3.49. The smallest absolute Gasteiger partial charge is 0.338 e. The Kier molecular flexibility index (Phi) is 7.38. The minimum absolute atomic E-state index is 0.0310. The first-order chi connectivity index (χ1) is 18.9. The van der Waals surface area contributed by atoms with Crippen LogP contribution in [-0.4, -0.2) is 34.4 Å². The summed E-state index contributed by atoms with van der Waals surface area (Å²) in [6, 6.07) is 24.1. The van der Waals surface area contributed by atoms with Gasteiger partial charge in [0.15, 0.2) is 5.76 Å². The summed E-state index contributed by atoms with van der Waals surface area (Å²) in [5.74, 6) is -2.32. The van der Waals surface area contributed by atoms with Crippen molar-refractivity contribution in [3.05, 3.63) is 118 Å². The number of carbonyl (C=O) groups is 3. The Labute approximate surface area is 230 Å². The van der Waals surface area contributed by atoms with Crippen LogP contribution in [0.2, 0.25) is 0 Å². The molecule has 2 heterocycles. The van der Waals surface area contributed by atoms with Crippen LogP contribution in [0.1, 0.15) is 50.7 Å². The summed E-state index contributed by atoms with van der Waals surface area (Å²) >= 11 is 1.22. The summed E-state index contributed by atoms with van der Waals surface area (Å²) in [6.07, 6.45) is 0.679. The van der Waals surface area contributed by atoms with E-state index in [1.807, 2.05) is 43.3 Å². The number of aromatic nitrogens is 1. The van der Waals surface area contributed by atoms with Gasteiger partial charge in [0.2, 0.25) is 5.78 Å². The second-order valence-corrected chi connectivity index (χ2v) is 10.1. The number of nitrogens with zero attached hydrogens (tertiary/aromatic N) is 2. The maximum atomic E-state index is 14.0. The van der Waals surface area contributed by atoms with Crippen molar-refractivity contribution >= 4 is 34.7 Å². The van der Waals surface area contributed by atoms with E-state index < -0.39 is 29.5 Å². The monoisotopic (exact) mass is 538 g/mol. The standard InChI is InChI=1S/C31H26N2O5S/c1-3-17-38-31(37)22-15-10-16-23(18-22)33-25(20-11-6-4-7-12-20)24(27(35)30(33)36)26(34)28-19(2)32-29(39-28)21-13-8-5-9-14-21/h4-16,18,25,35H,3,17H2,1-2H3. The number of aliphatic hydroxyl groups excluding tert-OH is 1. The molecule has 5 rings (SSSR count). The lowest BCUT2D eigenvalue weighted by molar-refractivity contribution is -0.117. The topological polar surface area (TPSA) is 96.8 Å². The second-order valence-electron chi connectivity index (χ2n) is 9.07. The SMILES string of the molecule is CCCOC(=O)c1cccc(N2C(=O)C(O)=C(C(=O)c3sc(-c4ccccc4)nc3C)C2c2ccccc2)c1. The fourth-order valence-corrected chi connectivity index (χ4v) is 5.57. The fourth-order valence-electron chi connectivity index (χ4n) is 4.55. The Morgan fingerprint density at radius 1 is 1.00 bits per heavy atom. The number of esters is 1. The van der Waals surface area contributed by atoms with Crippen molar-refractivity contribution in [2.45, 2.75) is 26.3 Å². The summed E-state index contributed by atoms with van der Waals surface area (Å²) in [7, 11) is 0. The molecular weight excluding hydrogens is 512 g/mol. The van der Waals surface area contributed by atoms with Crippen LogP contribution in [0.3, 0.4) is 0 Å². The number of benzene rings is 3. The molecule has 1 atom stereocenters. The van der Waals surface area contributed by atoms with Crippen molar-refractivity contribution in [2.75, 3.05) is 11.5 Å². The van der Waals surface area contributed by atoms with E-state index in [1.165, 1.54) is 22.3 Å². The Morgan fingerprint density at radius 2 is 1.69 bits per heavy atom. The van der Waals surface area contributed by atoms with E-state index >= 15 is 0 Å². The van der Waals surface area contributed by atoms with E-state index in [0.717, 1.165) is 5.56 Å². The number of aryl methyl sites for hydroxylation is 1. The van der Waals surface area contributed by atoms with Crippen molar-refractivity contribution < 1.29 is 24.2 Å². The quantitative estimate of drug-likeness (QED) is 0.204. The van der Waals surface area contributed by atoms with Crippen molar-refractivity contribution in [1.29, 1.82) is 0 Å². The fraction of sp³-hybridized carbons (Fsp3) is 0.161. The zero-order valence-corrected chi connectivity index (χ0v) is 22.3. The molecule has 1 aromatic heterocycles. The highest BCUT2D eigenvalue weighted by Gasteiger charge is 2.45. The minimum atomic E-state index is -0.908. The third-order valence-electron chi connectivity index (χ3n) is 6.39. The predicted octanol–water partition coefficient (Wildman–Crippen LogP) is 6.47. The molecule has 0 aliphatic carbocycles. The summed E-state index contributed by atoms with van der Waals surface area (Å²) in [4.78, 5) is 46.4. The highest BCUT2D eigenvalue weighted by Crippen LogP contribution is 2.43. The first-order valence-corrected chi connectivity index (χ1v) is 13.4. The van der Waals surface area contributed by atoms with Gasteiger partial charge in [0.05, 0.1) is 34.4 Å². The highest BCUT2D eigenvalue weighted by atomic mass is 32.1. The summed E-state index contributed by atoms with van der Waals surface area (Å²) < 4.78 is 5.26. The van der Waals surface area contributed by atoms with Crippen LogP contribution in [0.5, 0.6) is 0 Å². The zero-order chi connectivity index (χ0) is 27.5. The maximum Gasteiger partial charge on any atom is 0.338 e. The number of Topliss-reactive ketones (excluding diaryl/α,β-unsaturated/α-hetero) is 1. The van der Waals surface area contributed by atoms with Crippen LogP contribution in [0, 0.1) is 6.92 Å². The van der Waals surface area contributed by atoms with Crippen LogP contribution in [0.25, 0.3) is 10.6 Å². The highest BCUT2D eigenvalue weighted by molar-refractivity contribution is 7.17. The number of hydrogen-bond acceptors (Lipinski definition) is 7. The molecule has 0 saturated heterocycles. The molecule has 0 bridgehead atoms. The zero-order valence-electron chi connectivity index (χ0n) is 21.5. The Balaban J connectivity index is 1.58. The van der Waals surface area contributed by atoms with Gasteiger partial charge in [0.1, 0.15) is 5.01 Å². The molecule has 3 aromatic carbocycles. The molecule has 0 fully saturated rings. The largest absolute Gasteiger partial charge is 0.503 e. The van der Waals surface area contributed by atoms with Gasteiger partial charge in [-0.1, -0.05) is 73.7 Å². The van der Waals surface area contributed by atoms with Gasteiger partial charge in [-0.25, -0.2) is 9.78 Å². The summed E-state index contributed by atoms with van der Waals surface area (Å²) in [5.41, 5.74) is 2.63. The predicted molar refractivity (Wildman–Crippen MR) is 150 cm³/mol. The van der Waals surface area contributed by atoms with Gasteiger partial charge in [0, 0.05) is 11.3 Å². The van der Waals surface area contributed by atoms with Crippen LogP contribution >= 0.6 is 11.3 Å². The van der Waals surface area contributed by atoms with Crippen LogP contribution in [-0.2, 0) is 9.53 Å². The number of amides is 1. The molecule has 7 nitrogen and oxygen atoms in total. The number of rotatable bonds is 8. The van der Waals surface area contributed by atoms with Crippen LogP contribution in [0.4, 0.5) is 5.69 Å². The van der Waals surface area contributed by atoms with E-state index in [0.29, 0.717) is 33.3 Å². The number of aliphatic hydroxyl groups is 1. The number of carbonyl (C=O) groups excluding carboxylic acids is 3. The van der Waals surface area contributed by atoms with Crippen molar-refractivity contribution in [3.8, 4) is 10.6 Å². The third kappa shape index (κ3) is 4.98. The molecule has 1 N–H and O–H groups in total. The van der Waals surface area contributed by atoms with Crippen molar-refractivity contribution in [3.63, 3.8) is 0 Å². The first kappa shape index (κ1) is 26.1. The number of ether oxygens (including phenoxy) is 1. The van der Waals surface area contributed by atoms with E-state index in [-0.39, 0.29) is 17.7 Å². The Morgan fingerprint density at radius 3 is 2.38 bits per heavy atom. The second kappa shape index (κ2) is 11.0. The number of ketones is 1. The third-order valence-corrected chi connectivity index (χ3v) is 7.59. The molecule has 1 amide bonds. The van der Waals surface area contributed by atoms with Gasteiger partial charge in [-0.3, -0.25) is 14.5 Å². The lowest BCUT2D eigenvalue weighted by Gasteiger charge is -2.27. The van der Waals surface area contributed by atoms with E-state index in [4.69, 9.17) is 4.74 Å². The lowest BCUT2D eigenvalue weighted by Crippen LogP contribution is -2.31. The summed E-state index contributed by atoms with van der Waals surface area (Å²) in [6.45, 7) is 3.92. The van der Waals surface area contributed by atoms with Gasteiger partial charge in [-0.2, -0.15) is 0 Å². The normalized spacial score (nSPS) is 15.1. The number of anilines is 1. The molecule has 196 valence electrons. The Bertz CT molecular complexity index is 1580. The van der Waals surface area contributed by atoms with Crippen molar-refractivity contribution in [1.82, 2.24) is 4.98 Å². The number of thiazole rings is 1. The molecule has 4 aromatic rings. The van der Waals surface area contributed by atoms with E-state index in [9.17, 15) is 19.5 Å². The van der Waals surface area contributed by atoms with Gasteiger partial charge in [-0.05, 0) is 37.1 Å². The molecule has 0 saturated carbocycles. The molecule has 39 heavy (non-hydrogen) atoms. The molecule has 1 aliphatic heterocycles. The van der Waals surface area contributed by atoms with Gasteiger partial charge in [-0.15, -0.1) is 11.3 Å². The van der Waals surface area contributed by atoms with Gasteiger partial charge in [0.25, 0.3) is 5.91 Å². The molecule has 0 spiro atoms. The molecular formula is C31H26N2O5S. The summed E-state index contributed by atoms with van der Waals surface area (Å²) in [5, 5.41) is 11.8. The first-order valence-electron chi connectivity index (χ1n) is 12.6. The van der Waals surface area contributed by atoms with E-state index in [1.54, 1.807) is 49.4 Å². The minimum Gasteiger partial charge on any atom is -0.503 e. The average molecular weight is 539 g/mol. The van der Waals surface area contributed by atoms with Gasteiger partial charge >= 0.3 is 5.97 Å². The number of hydrogen-bond donors (Lipinski definition) is 1. The molecule has 0 radical (unpaired) electrons. The lowest BCUT2D eigenvalue weighted by atomic mass is 9.94. The molecule has 1 unspecified atom stereocenters. The molecule has 8 heteroatoms. The van der Waals surface area contributed by atoms with E-state index in [2.05, 4.69) is 4.98 Å². The Hall–Kier alpha value is -4.56. The van der Waals surface area contributed by atoms with Gasteiger partial charge < -0.3 is 9.84 Å². The van der Waals surface area contributed by atoms with Crippen LogP contribution in [0.15, 0.2) is 96.3 Å². The van der Waals surface area contributed by atoms with Crippen LogP contribution < -0.4 is 4.90 Å². The molecule has 1 aliphatic rings. The van der Waals surface area contributed by atoms with Crippen molar-refractivity contribution in [2.24, 2.45) is 0 Å². The maximum absolute atomic E-state index is 14.0.